The lowest BCUT2D eigenvalue weighted by Gasteiger charge is -2.22. The van der Waals surface area contributed by atoms with Gasteiger partial charge in [-0.05, 0) is 24.5 Å². The summed E-state index contributed by atoms with van der Waals surface area (Å²) < 4.78 is 0. The van der Waals surface area contributed by atoms with Gasteiger partial charge in [-0.2, -0.15) is 0 Å². The van der Waals surface area contributed by atoms with Crippen molar-refractivity contribution in [2.45, 2.75) is 19.3 Å². The Labute approximate surface area is 93.2 Å². The molecule has 1 aromatic rings. The number of carbonyl (C=O) groups is 2. The largest absolute Gasteiger partial charge is 0.303 e. The molecule has 1 aliphatic carbocycles. The number of rotatable bonds is 2. The van der Waals surface area contributed by atoms with Crippen molar-refractivity contribution < 1.29 is 9.59 Å². The predicted molar refractivity (Wildman–Crippen MR) is 58.3 cm³/mol. The van der Waals surface area contributed by atoms with Crippen LogP contribution in [0.3, 0.4) is 0 Å². The zero-order valence-corrected chi connectivity index (χ0v) is 8.96. The zero-order chi connectivity index (χ0) is 10.8. The van der Waals surface area contributed by atoms with Crippen LogP contribution in [0.1, 0.15) is 28.8 Å². The van der Waals surface area contributed by atoms with Crippen LogP contribution in [0, 0.1) is 5.92 Å². The van der Waals surface area contributed by atoms with Gasteiger partial charge >= 0.3 is 0 Å². The number of hydrogen-bond acceptors (Lipinski definition) is 2. The number of Topliss-reactive ketones (excluding diaryl/α,β-unsaturated/α-hetero) is 1. The van der Waals surface area contributed by atoms with Gasteiger partial charge in [-0.3, -0.25) is 4.79 Å². The number of halogens is 1. The summed E-state index contributed by atoms with van der Waals surface area (Å²) in [6.45, 7) is 0. The van der Waals surface area contributed by atoms with E-state index in [1.807, 2.05) is 12.1 Å². The number of fused-ring (bicyclic) bond motifs is 1. The van der Waals surface area contributed by atoms with Crippen LogP contribution < -0.4 is 0 Å². The SMILES string of the molecule is O=CCC1CCc2cccc(Cl)c2C1=O. The molecule has 0 N–H and O–H groups in total. The molecule has 15 heavy (non-hydrogen) atoms. The molecule has 0 aliphatic heterocycles. The van der Waals surface area contributed by atoms with E-state index in [1.165, 1.54) is 0 Å². The third-order valence-electron chi connectivity index (χ3n) is 2.86. The molecule has 0 radical (unpaired) electrons. The maximum Gasteiger partial charge on any atom is 0.168 e. The van der Waals surface area contributed by atoms with Gasteiger partial charge in [0.15, 0.2) is 5.78 Å². The Morgan fingerprint density at radius 3 is 3.00 bits per heavy atom. The highest BCUT2D eigenvalue weighted by molar-refractivity contribution is 6.34. The van der Waals surface area contributed by atoms with Crippen molar-refractivity contribution in [1.82, 2.24) is 0 Å². The van der Waals surface area contributed by atoms with E-state index in [0.717, 1.165) is 24.7 Å². The second-order valence-corrected chi connectivity index (χ2v) is 4.18. The predicted octanol–water partition coefficient (Wildman–Crippen LogP) is 2.67. The molecule has 0 fully saturated rings. The molecule has 1 aliphatic rings. The van der Waals surface area contributed by atoms with E-state index in [0.29, 0.717) is 17.0 Å². The maximum atomic E-state index is 12.0. The lowest BCUT2D eigenvalue weighted by molar-refractivity contribution is -0.108. The molecule has 0 spiro atoms. The summed E-state index contributed by atoms with van der Waals surface area (Å²) in [5.74, 6) is -0.149. The summed E-state index contributed by atoms with van der Waals surface area (Å²) in [6, 6.07) is 5.51. The highest BCUT2D eigenvalue weighted by Gasteiger charge is 2.28. The van der Waals surface area contributed by atoms with E-state index in [2.05, 4.69) is 0 Å². The molecule has 78 valence electrons. The number of aldehydes is 1. The quantitative estimate of drug-likeness (QED) is 0.721. The lowest BCUT2D eigenvalue weighted by atomic mass is 9.81. The molecule has 0 bridgehead atoms. The average molecular weight is 223 g/mol. The normalized spacial score (nSPS) is 19.8. The van der Waals surface area contributed by atoms with Crippen molar-refractivity contribution in [3.05, 3.63) is 34.3 Å². The Kier molecular flexibility index (Phi) is 2.87. The number of carbonyl (C=O) groups excluding carboxylic acids is 2. The second-order valence-electron chi connectivity index (χ2n) is 3.78. The first-order valence-electron chi connectivity index (χ1n) is 4.99. The van der Waals surface area contributed by atoms with Gasteiger partial charge < -0.3 is 4.79 Å². The van der Waals surface area contributed by atoms with Crippen LogP contribution in [0.25, 0.3) is 0 Å². The molecular formula is C12H11ClO2. The number of benzene rings is 1. The van der Waals surface area contributed by atoms with Crippen molar-refractivity contribution in [3.63, 3.8) is 0 Å². The molecular weight excluding hydrogens is 212 g/mol. The van der Waals surface area contributed by atoms with E-state index in [4.69, 9.17) is 11.6 Å². The third-order valence-corrected chi connectivity index (χ3v) is 3.17. The molecule has 3 heteroatoms. The highest BCUT2D eigenvalue weighted by Crippen LogP contribution is 2.31. The molecule has 0 heterocycles. The van der Waals surface area contributed by atoms with Crippen LogP contribution in [0.2, 0.25) is 5.02 Å². The minimum absolute atomic E-state index is 0.0222. The smallest absolute Gasteiger partial charge is 0.168 e. The third kappa shape index (κ3) is 1.82. The standard InChI is InChI=1S/C12H11ClO2/c13-10-3-1-2-8-4-5-9(6-7-14)12(15)11(8)10/h1-3,7,9H,4-6H2. The highest BCUT2D eigenvalue weighted by atomic mass is 35.5. The Morgan fingerprint density at radius 2 is 2.27 bits per heavy atom. The maximum absolute atomic E-state index is 12.0. The molecule has 0 amide bonds. The van der Waals surface area contributed by atoms with E-state index >= 15 is 0 Å². The summed E-state index contributed by atoms with van der Waals surface area (Å²) in [6.07, 6.45) is 2.71. The van der Waals surface area contributed by atoms with Crippen molar-refractivity contribution in [1.29, 1.82) is 0 Å². The van der Waals surface area contributed by atoms with Gasteiger partial charge in [-0.1, -0.05) is 23.7 Å². The lowest BCUT2D eigenvalue weighted by Crippen LogP contribution is -2.23. The number of ketones is 1. The summed E-state index contributed by atoms with van der Waals surface area (Å²) in [5.41, 5.74) is 1.63. The van der Waals surface area contributed by atoms with Gasteiger partial charge in [-0.25, -0.2) is 0 Å². The average Bonchev–Trinajstić information content (AvgIpc) is 2.22. The van der Waals surface area contributed by atoms with Gasteiger partial charge in [0.05, 0.1) is 5.02 Å². The van der Waals surface area contributed by atoms with Gasteiger partial charge in [0.25, 0.3) is 0 Å². The Bertz CT molecular complexity index is 412. The topological polar surface area (TPSA) is 34.1 Å². The number of hydrogen-bond donors (Lipinski definition) is 0. The Morgan fingerprint density at radius 1 is 1.47 bits per heavy atom. The molecule has 1 aromatic carbocycles. The molecule has 0 aromatic heterocycles. The summed E-state index contributed by atoms with van der Waals surface area (Å²) in [4.78, 5) is 22.4. The van der Waals surface area contributed by atoms with Crippen molar-refractivity contribution in [2.24, 2.45) is 5.92 Å². The van der Waals surface area contributed by atoms with Crippen LogP contribution in [-0.4, -0.2) is 12.1 Å². The molecule has 1 unspecified atom stereocenters. The molecule has 0 saturated heterocycles. The fraction of sp³-hybridized carbons (Fsp3) is 0.333. The molecule has 1 atom stereocenters. The van der Waals surface area contributed by atoms with E-state index in [1.54, 1.807) is 6.07 Å². The van der Waals surface area contributed by atoms with Crippen LogP contribution in [0.4, 0.5) is 0 Å². The van der Waals surface area contributed by atoms with Gasteiger partial charge in [-0.15, -0.1) is 0 Å². The van der Waals surface area contributed by atoms with Crippen LogP contribution in [0.15, 0.2) is 18.2 Å². The first kappa shape index (κ1) is 10.4. The van der Waals surface area contributed by atoms with Crippen molar-refractivity contribution >= 4 is 23.7 Å². The zero-order valence-electron chi connectivity index (χ0n) is 8.20. The molecule has 2 nitrogen and oxygen atoms in total. The monoisotopic (exact) mass is 222 g/mol. The first-order chi connectivity index (χ1) is 7.24. The van der Waals surface area contributed by atoms with Gasteiger partial charge in [0, 0.05) is 17.9 Å². The van der Waals surface area contributed by atoms with Crippen LogP contribution in [0.5, 0.6) is 0 Å². The Hall–Kier alpha value is -1.15. The van der Waals surface area contributed by atoms with Crippen LogP contribution >= 0.6 is 11.6 Å². The molecule has 2 rings (SSSR count). The van der Waals surface area contributed by atoms with Crippen molar-refractivity contribution in [2.75, 3.05) is 0 Å². The number of aryl methyl sites for hydroxylation is 1. The fourth-order valence-corrected chi connectivity index (χ4v) is 2.35. The van der Waals surface area contributed by atoms with Gasteiger partial charge in [0.1, 0.15) is 6.29 Å². The minimum Gasteiger partial charge on any atom is -0.303 e. The Balaban J connectivity index is 2.40. The van der Waals surface area contributed by atoms with E-state index in [9.17, 15) is 9.59 Å². The molecule has 0 saturated carbocycles. The van der Waals surface area contributed by atoms with E-state index < -0.39 is 0 Å². The fourth-order valence-electron chi connectivity index (χ4n) is 2.06. The summed E-state index contributed by atoms with van der Waals surface area (Å²) >= 11 is 5.99. The summed E-state index contributed by atoms with van der Waals surface area (Å²) in [7, 11) is 0. The van der Waals surface area contributed by atoms with Crippen LogP contribution in [-0.2, 0) is 11.2 Å². The van der Waals surface area contributed by atoms with Crippen molar-refractivity contribution in [3.8, 4) is 0 Å². The second kappa shape index (κ2) is 4.15. The van der Waals surface area contributed by atoms with E-state index in [-0.39, 0.29) is 11.7 Å². The summed E-state index contributed by atoms with van der Waals surface area (Å²) in [5, 5.41) is 0.507. The first-order valence-corrected chi connectivity index (χ1v) is 5.37. The minimum atomic E-state index is -0.171. The van der Waals surface area contributed by atoms with Gasteiger partial charge in [0.2, 0.25) is 0 Å².